The molecule has 2 aromatic carbocycles. The van der Waals surface area contributed by atoms with Crippen molar-refractivity contribution in [1.29, 1.82) is 0 Å². The summed E-state index contributed by atoms with van der Waals surface area (Å²) in [6, 6.07) is 17.7. The first-order chi connectivity index (χ1) is 11.2. The van der Waals surface area contributed by atoms with Crippen molar-refractivity contribution >= 4 is 16.8 Å². The number of nitrogens with one attached hydrogen (secondary N) is 1. The molecule has 114 valence electrons. The van der Waals surface area contributed by atoms with Gasteiger partial charge in [0.1, 0.15) is 0 Å². The highest BCUT2D eigenvalue weighted by molar-refractivity contribution is 6.07. The number of pyridine rings is 1. The Kier molecular flexibility index (Phi) is 4.20. The Morgan fingerprint density at radius 3 is 2.65 bits per heavy atom. The van der Waals surface area contributed by atoms with Crippen LogP contribution in [0.15, 0.2) is 67.3 Å². The Labute approximate surface area is 135 Å². The number of fused-ring (bicyclic) bond motifs is 1. The van der Waals surface area contributed by atoms with Gasteiger partial charge in [0.05, 0.1) is 16.8 Å². The molecule has 1 heterocycles. The van der Waals surface area contributed by atoms with Gasteiger partial charge in [0.2, 0.25) is 0 Å². The number of benzene rings is 2. The number of para-hydroxylation sites is 1. The molecule has 1 aromatic heterocycles. The Morgan fingerprint density at radius 1 is 1.17 bits per heavy atom. The smallest absolute Gasteiger partial charge is 0.252 e. The third-order valence-electron chi connectivity index (χ3n) is 3.72. The molecule has 0 radical (unpaired) electrons. The number of aromatic nitrogens is 1. The van der Waals surface area contributed by atoms with Crippen molar-refractivity contribution in [2.45, 2.75) is 6.92 Å². The first-order valence-corrected chi connectivity index (χ1v) is 7.55. The maximum Gasteiger partial charge on any atom is 0.252 e. The van der Waals surface area contributed by atoms with E-state index in [1.54, 1.807) is 6.08 Å². The van der Waals surface area contributed by atoms with Crippen molar-refractivity contribution in [3.8, 4) is 11.3 Å². The van der Waals surface area contributed by atoms with Crippen molar-refractivity contribution in [3.05, 3.63) is 78.4 Å². The van der Waals surface area contributed by atoms with Crippen molar-refractivity contribution in [2.24, 2.45) is 0 Å². The molecule has 3 aromatic rings. The van der Waals surface area contributed by atoms with Gasteiger partial charge in [0.25, 0.3) is 5.91 Å². The van der Waals surface area contributed by atoms with Crippen molar-refractivity contribution in [1.82, 2.24) is 10.3 Å². The Morgan fingerprint density at radius 2 is 1.91 bits per heavy atom. The van der Waals surface area contributed by atoms with Gasteiger partial charge < -0.3 is 5.32 Å². The van der Waals surface area contributed by atoms with Gasteiger partial charge in [-0.25, -0.2) is 4.98 Å². The van der Waals surface area contributed by atoms with Crippen LogP contribution < -0.4 is 5.32 Å². The number of aryl methyl sites for hydroxylation is 1. The number of carbonyl (C=O) groups excluding carboxylic acids is 1. The molecule has 3 rings (SSSR count). The Hall–Kier alpha value is -2.94. The van der Waals surface area contributed by atoms with E-state index in [9.17, 15) is 4.79 Å². The van der Waals surface area contributed by atoms with Crippen molar-refractivity contribution in [2.75, 3.05) is 6.54 Å². The Bertz CT molecular complexity index is 866. The SMILES string of the molecule is C=CCNC(=O)c1cc(-c2ccc(C)cc2)nc2ccccc12. The second-order valence-corrected chi connectivity index (χ2v) is 5.44. The standard InChI is InChI=1S/C20H18N2O/c1-3-12-21-20(23)17-13-19(15-10-8-14(2)9-11-15)22-18-7-5-4-6-16(17)18/h3-11,13H,1,12H2,2H3,(H,21,23). The quantitative estimate of drug-likeness (QED) is 0.736. The minimum Gasteiger partial charge on any atom is -0.349 e. The minimum atomic E-state index is -0.114. The average Bonchev–Trinajstić information content (AvgIpc) is 2.59. The van der Waals surface area contributed by atoms with E-state index in [1.165, 1.54) is 5.56 Å². The lowest BCUT2D eigenvalue weighted by Gasteiger charge is -2.10. The predicted octanol–water partition coefficient (Wildman–Crippen LogP) is 4.13. The molecule has 0 bridgehead atoms. The lowest BCUT2D eigenvalue weighted by atomic mass is 10.0. The fraction of sp³-hybridized carbons (Fsp3) is 0.100. The van der Waals surface area contributed by atoms with Crippen LogP contribution in [0.5, 0.6) is 0 Å². The highest BCUT2D eigenvalue weighted by Gasteiger charge is 2.13. The van der Waals surface area contributed by atoms with Crippen LogP contribution in [0.2, 0.25) is 0 Å². The predicted molar refractivity (Wildman–Crippen MR) is 94.4 cm³/mol. The molecule has 0 saturated carbocycles. The van der Waals surface area contributed by atoms with E-state index in [-0.39, 0.29) is 5.91 Å². The van der Waals surface area contributed by atoms with Crippen LogP contribution in [-0.4, -0.2) is 17.4 Å². The summed E-state index contributed by atoms with van der Waals surface area (Å²) >= 11 is 0. The molecule has 23 heavy (non-hydrogen) atoms. The summed E-state index contributed by atoms with van der Waals surface area (Å²) in [6.07, 6.45) is 1.67. The number of nitrogens with zero attached hydrogens (tertiary/aromatic N) is 1. The van der Waals surface area contributed by atoms with Gasteiger partial charge in [0, 0.05) is 17.5 Å². The molecule has 0 fully saturated rings. The number of amides is 1. The first-order valence-electron chi connectivity index (χ1n) is 7.55. The number of carbonyl (C=O) groups is 1. The lowest BCUT2D eigenvalue weighted by molar-refractivity contribution is 0.0959. The van der Waals surface area contributed by atoms with Crippen LogP contribution in [0, 0.1) is 6.92 Å². The van der Waals surface area contributed by atoms with Gasteiger partial charge in [-0.15, -0.1) is 6.58 Å². The van der Waals surface area contributed by atoms with E-state index in [1.807, 2.05) is 61.5 Å². The summed E-state index contributed by atoms with van der Waals surface area (Å²) in [5.41, 5.74) is 4.44. The fourth-order valence-corrected chi connectivity index (χ4v) is 2.50. The fourth-order valence-electron chi connectivity index (χ4n) is 2.50. The number of hydrogen-bond donors (Lipinski definition) is 1. The summed E-state index contributed by atoms with van der Waals surface area (Å²) in [4.78, 5) is 17.2. The molecule has 0 unspecified atom stereocenters. The number of hydrogen-bond acceptors (Lipinski definition) is 2. The van der Waals surface area contributed by atoms with Crippen LogP contribution in [0.1, 0.15) is 15.9 Å². The molecule has 3 nitrogen and oxygen atoms in total. The molecule has 0 aliphatic heterocycles. The second kappa shape index (κ2) is 6.44. The minimum absolute atomic E-state index is 0.114. The van der Waals surface area contributed by atoms with E-state index < -0.39 is 0 Å². The van der Waals surface area contributed by atoms with E-state index in [0.29, 0.717) is 12.1 Å². The van der Waals surface area contributed by atoms with Crippen molar-refractivity contribution < 1.29 is 4.79 Å². The maximum absolute atomic E-state index is 12.5. The van der Waals surface area contributed by atoms with Gasteiger partial charge >= 0.3 is 0 Å². The monoisotopic (exact) mass is 302 g/mol. The van der Waals surface area contributed by atoms with E-state index >= 15 is 0 Å². The van der Waals surface area contributed by atoms with Gasteiger partial charge in [-0.2, -0.15) is 0 Å². The molecule has 0 aliphatic rings. The molecule has 1 amide bonds. The summed E-state index contributed by atoms with van der Waals surface area (Å²) in [5.74, 6) is -0.114. The molecule has 0 atom stereocenters. The second-order valence-electron chi connectivity index (χ2n) is 5.44. The summed E-state index contributed by atoms with van der Waals surface area (Å²) in [6.45, 7) is 6.12. The highest BCUT2D eigenvalue weighted by Crippen LogP contribution is 2.25. The normalized spacial score (nSPS) is 10.5. The highest BCUT2D eigenvalue weighted by atomic mass is 16.1. The zero-order valence-electron chi connectivity index (χ0n) is 13.0. The van der Waals surface area contributed by atoms with Crippen LogP contribution in [0.25, 0.3) is 22.2 Å². The van der Waals surface area contributed by atoms with Crippen LogP contribution in [0.3, 0.4) is 0 Å². The third kappa shape index (κ3) is 3.14. The van der Waals surface area contributed by atoms with E-state index in [0.717, 1.165) is 22.2 Å². The molecule has 3 heteroatoms. The molecular formula is C20H18N2O. The average molecular weight is 302 g/mol. The maximum atomic E-state index is 12.5. The van der Waals surface area contributed by atoms with Crippen LogP contribution in [0.4, 0.5) is 0 Å². The zero-order chi connectivity index (χ0) is 16.2. The third-order valence-corrected chi connectivity index (χ3v) is 3.72. The van der Waals surface area contributed by atoms with Crippen LogP contribution in [-0.2, 0) is 0 Å². The van der Waals surface area contributed by atoms with E-state index in [4.69, 9.17) is 4.98 Å². The summed E-state index contributed by atoms with van der Waals surface area (Å²) in [7, 11) is 0. The topological polar surface area (TPSA) is 42.0 Å². The molecule has 1 N–H and O–H groups in total. The van der Waals surface area contributed by atoms with Gasteiger partial charge in [-0.05, 0) is 19.1 Å². The van der Waals surface area contributed by atoms with Crippen molar-refractivity contribution in [3.63, 3.8) is 0 Å². The van der Waals surface area contributed by atoms with Gasteiger partial charge in [-0.1, -0.05) is 54.1 Å². The number of rotatable bonds is 4. The first kappa shape index (κ1) is 15.0. The molecule has 0 spiro atoms. The zero-order valence-corrected chi connectivity index (χ0v) is 13.0. The van der Waals surface area contributed by atoms with Crippen LogP contribution >= 0.6 is 0 Å². The lowest BCUT2D eigenvalue weighted by Crippen LogP contribution is -2.23. The largest absolute Gasteiger partial charge is 0.349 e. The molecular weight excluding hydrogens is 284 g/mol. The Balaban J connectivity index is 2.15. The molecule has 0 aliphatic carbocycles. The van der Waals surface area contributed by atoms with Gasteiger partial charge in [-0.3, -0.25) is 4.79 Å². The summed E-state index contributed by atoms with van der Waals surface area (Å²) in [5, 5.41) is 3.70. The van der Waals surface area contributed by atoms with Gasteiger partial charge in [0.15, 0.2) is 0 Å². The molecule has 0 saturated heterocycles. The summed E-state index contributed by atoms with van der Waals surface area (Å²) < 4.78 is 0. The van der Waals surface area contributed by atoms with E-state index in [2.05, 4.69) is 11.9 Å².